The molecule has 2 aliphatic carbocycles. The molecule has 3 aliphatic rings. The normalized spacial score (nSPS) is 16.6. The topological polar surface area (TPSA) is 107 Å². The van der Waals surface area contributed by atoms with Gasteiger partial charge in [-0.2, -0.15) is 0 Å². The molecule has 0 radical (unpaired) electrons. The van der Waals surface area contributed by atoms with E-state index in [9.17, 15) is 4.79 Å². The molecule has 0 unspecified atom stereocenters. The first-order chi connectivity index (χ1) is 20.7. The number of amides is 1. The van der Waals surface area contributed by atoms with Crippen molar-refractivity contribution in [1.29, 1.82) is 0 Å². The summed E-state index contributed by atoms with van der Waals surface area (Å²) >= 11 is 0. The Kier molecular flexibility index (Phi) is 6.38. The van der Waals surface area contributed by atoms with E-state index in [1.807, 2.05) is 57.3 Å². The zero-order valence-electron chi connectivity index (χ0n) is 24.8. The van der Waals surface area contributed by atoms with Gasteiger partial charge in [-0.1, -0.05) is 48.6 Å². The molecule has 7 rings (SSSR count). The van der Waals surface area contributed by atoms with Crippen LogP contribution in [0.5, 0.6) is 0 Å². The Bertz CT molecular complexity index is 1770. The molecular formula is C35H36N6O2. The Morgan fingerprint density at radius 1 is 1.05 bits per heavy atom. The van der Waals surface area contributed by atoms with Crippen LogP contribution in [0.4, 0.5) is 16.3 Å². The molecule has 2 aromatic carbocycles. The Labute approximate surface area is 251 Å². The number of fused-ring (bicyclic) bond motifs is 4. The number of hydrogen-bond donors (Lipinski definition) is 3. The highest BCUT2D eigenvalue weighted by Gasteiger charge is 2.41. The minimum atomic E-state index is -0.556. The van der Waals surface area contributed by atoms with Gasteiger partial charge in [-0.15, -0.1) is 0 Å². The van der Waals surface area contributed by atoms with Crippen LogP contribution in [0.15, 0.2) is 84.7 Å². The van der Waals surface area contributed by atoms with E-state index >= 15 is 0 Å². The minimum absolute atomic E-state index is 0.385. The number of aromatic nitrogens is 3. The Morgan fingerprint density at radius 3 is 2.49 bits per heavy atom. The molecule has 0 saturated heterocycles. The number of pyridine rings is 1. The van der Waals surface area contributed by atoms with Crippen molar-refractivity contribution in [3.05, 3.63) is 96.1 Å². The van der Waals surface area contributed by atoms with Gasteiger partial charge in [-0.3, -0.25) is 4.57 Å². The van der Waals surface area contributed by atoms with Crippen LogP contribution >= 0.6 is 0 Å². The summed E-state index contributed by atoms with van der Waals surface area (Å²) in [5.74, 6) is 1.68. The van der Waals surface area contributed by atoms with Gasteiger partial charge < -0.3 is 21.1 Å². The fraction of sp³-hybridized carbons (Fsp3) is 0.286. The van der Waals surface area contributed by atoms with Crippen molar-refractivity contribution in [1.82, 2.24) is 19.9 Å². The maximum absolute atomic E-state index is 12.8. The van der Waals surface area contributed by atoms with E-state index in [4.69, 9.17) is 20.4 Å². The molecule has 8 nitrogen and oxygen atoms in total. The van der Waals surface area contributed by atoms with E-state index in [2.05, 4.69) is 57.7 Å². The van der Waals surface area contributed by atoms with Crippen molar-refractivity contribution in [2.75, 3.05) is 11.1 Å². The van der Waals surface area contributed by atoms with Gasteiger partial charge in [0.15, 0.2) is 5.82 Å². The predicted molar refractivity (Wildman–Crippen MR) is 170 cm³/mol. The fourth-order valence-electron chi connectivity index (χ4n) is 6.23. The van der Waals surface area contributed by atoms with Crippen molar-refractivity contribution in [3.8, 4) is 28.2 Å². The molecule has 0 bridgehead atoms. The average Bonchev–Trinajstić information content (AvgIpc) is 3.29. The number of nitrogens with one attached hydrogen (secondary N) is 2. The van der Waals surface area contributed by atoms with Crippen molar-refractivity contribution in [3.63, 3.8) is 0 Å². The van der Waals surface area contributed by atoms with Crippen molar-refractivity contribution < 1.29 is 9.53 Å². The number of imidazole rings is 1. The molecule has 1 amide bonds. The van der Waals surface area contributed by atoms with Gasteiger partial charge in [0.05, 0.1) is 22.6 Å². The number of alkyl carbamates (subject to hydrolysis) is 1. The van der Waals surface area contributed by atoms with E-state index in [0.717, 1.165) is 88.8 Å². The molecule has 1 aliphatic heterocycles. The lowest BCUT2D eigenvalue weighted by molar-refractivity contribution is 0.0377. The lowest BCUT2D eigenvalue weighted by Gasteiger charge is -2.43. The third-order valence-electron chi connectivity index (χ3n) is 8.43. The Hall–Kier alpha value is -4.85. The van der Waals surface area contributed by atoms with Crippen molar-refractivity contribution in [2.24, 2.45) is 0 Å². The number of ether oxygens (including phenoxy) is 1. The Morgan fingerprint density at radius 2 is 1.79 bits per heavy atom. The van der Waals surface area contributed by atoms with E-state index in [0.29, 0.717) is 5.69 Å². The number of rotatable bonds is 4. The molecule has 1 fully saturated rings. The van der Waals surface area contributed by atoms with Gasteiger partial charge in [0.1, 0.15) is 11.4 Å². The monoisotopic (exact) mass is 572 g/mol. The van der Waals surface area contributed by atoms with Crippen molar-refractivity contribution in [2.45, 2.75) is 64.0 Å². The van der Waals surface area contributed by atoms with Gasteiger partial charge in [0.25, 0.3) is 0 Å². The lowest BCUT2D eigenvalue weighted by atomic mass is 9.71. The fourth-order valence-corrected chi connectivity index (χ4v) is 6.23. The lowest BCUT2D eigenvalue weighted by Crippen LogP contribution is -2.52. The standard InChI is InChI=1S/C35H36N6O2/c1-34(2,3)43-33(42)40-35(19-7-20-35)24-15-11-23(12-16-24)30-29(22-13-17-25(36)18-14-22)39-32-26-8-4-5-9-27(26)38-31-28(41(30)32)10-6-21-37-31/h4,6,8,10-18,21H,5,7,9,19-20,36H2,1-3H3,(H,37,38)(H,40,42). The zero-order chi connectivity index (χ0) is 29.8. The van der Waals surface area contributed by atoms with Crippen LogP contribution in [0.25, 0.3) is 33.8 Å². The minimum Gasteiger partial charge on any atom is -0.444 e. The van der Waals surface area contributed by atoms with Crippen LogP contribution in [0.1, 0.15) is 64.3 Å². The molecule has 0 atom stereocenters. The summed E-state index contributed by atoms with van der Waals surface area (Å²) in [5.41, 5.74) is 13.8. The first-order valence-corrected chi connectivity index (χ1v) is 14.9. The van der Waals surface area contributed by atoms with Gasteiger partial charge in [-0.05, 0) is 82.7 Å². The highest BCUT2D eigenvalue weighted by atomic mass is 16.6. The molecule has 43 heavy (non-hydrogen) atoms. The number of nitrogen functional groups attached to an aromatic ring is 1. The predicted octanol–water partition coefficient (Wildman–Crippen LogP) is 7.57. The third-order valence-corrected chi connectivity index (χ3v) is 8.43. The van der Waals surface area contributed by atoms with Crippen LogP contribution in [0.3, 0.4) is 0 Å². The maximum Gasteiger partial charge on any atom is 0.408 e. The Balaban J connectivity index is 1.38. The van der Waals surface area contributed by atoms with Gasteiger partial charge in [0.2, 0.25) is 0 Å². The van der Waals surface area contributed by atoms with Gasteiger partial charge in [0, 0.05) is 34.3 Å². The second-order valence-electron chi connectivity index (χ2n) is 12.6. The number of carbonyl (C=O) groups is 1. The summed E-state index contributed by atoms with van der Waals surface area (Å²) in [7, 11) is 0. The highest BCUT2D eigenvalue weighted by molar-refractivity contribution is 5.89. The summed E-state index contributed by atoms with van der Waals surface area (Å²) in [5, 5.41) is 6.79. The quantitative estimate of drug-likeness (QED) is 0.218. The number of nitrogens with zero attached hydrogens (tertiary/aromatic N) is 3. The number of hydrogen-bond acceptors (Lipinski definition) is 6. The van der Waals surface area contributed by atoms with Crippen LogP contribution in [0, 0.1) is 0 Å². The molecular weight excluding hydrogens is 536 g/mol. The zero-order valence-corrected chi connectivity index (χ0v) is 24.8. The first kappa shape index (κ1) is 27.0. The van der Waals surface area contributed by atoms with Crippen molar-refractivity contribution >= 4 is 23.2 Å². The molecule has 218 valence electrons. The summed E-state index contributed by atoms with van der Waals surface area (Å²) in [6.45, 7) is 5.65. The summed E-state index contributed by atoms with van der Waals surface area (Å²) in [4.78, 5) is 22.8. The molecule has 1 saturated carbocycles. The van der Waals surface area contributed by atoms with Crippen LogP contribution in [-0.4, -0.2) is 26.2 Å². The van der Waals surface area contributed by atoms with E-state index in [-0.39, 0.29) is 6.09 Å². The summed E-state index contributed by atoms with van der Waals surface area (Å²) in [6.07, 6.45) is 10.5. The third kappa shape index (κ3) is 4.86. The highest BCUT2D eigenvalue weighted by Crippen LogP contribution is 2.45. The largest absolute Gasteiger partial charge is 0.444 e. The van der Waals surface area contributed by atoms with E-state index in [1.165, 1.54) is 0 Å². The number of allylic oxidation sites excluding steroid dienone is 4. The summed E-state index contributed by atoms with van der Waals surface area (Å²) < 4.78 is 7.83. The SMILES string of the molecule is CC(C)(C)OC(=O)NC1(c2ccc(-c3c(-c4ccc(N)cc4)nc4n3-c3cccnc3NC3=C4C=CCC3)cc2)CCC1. The number of carbonyl (C=O) groups excluding carboxylic acids is 1. The average molecular weight is 573 g/mol. The maximum atomic E-state index is 12.8. The van der Waals surface area contributed by atoms with Gasteiger partial charge >= 0.3 is 6.09 Å². The molecule has 4 N–H and O–H groups in total. The van der Waals surface area contributed by atoms with Crippen LogP contribution < -0.4 is 16.4 Å². The van der Waals surface area contributed by atoms with Gasteiger partial charge in [-0.25, -0.2) is 14.8 Å². The second-order valence-corrected chi connectivity index (χ2v) is 12.6. The smallest absolute Gasteiger partial charge is 0.408 e. The first-order valence-electron chi connectivity index (χ1n) is 14.9. The second kappa shape index (κ2) is 10.2. The summed E-state index contributed by atoms with van der Waals surface area (Å²) in [6, 6.07) is 20.5. The number of benzene rings is 2. The van der Waals surface area contributed by atoms with Crippen LogP contribution in [0.2, 0.25) is 0 Å². The molecule has 2 aromatic heterocycles. The molecule has 3 heterocycles. The van der Waals surface area contributed by atoms with E-state index < -0.39 is 11.1 Å². The molecule has 0 spiro atoms. The van der Waals surface area contributed by atoms with E-state index in [1.54, 1.807) is 0 Å². The van der Waals surface area contributed by atoms with Crippen LogP contribution in [-0.2, 0) is 10.3 Å². The molecule has 8 heteroatoms. The molecule has 4 aromatic rings. The number of nitrogens with two attached hydrogens (primary N) is 1. The number of anilines is 2.